The van der Waals surface area contributed by atoms with Crippen molar-refractivity contribution in [2.75, 3.05) is 0 Å². The molecule has 0 saturated heterocycles. The number of rotatable bonds is 5. The molecule has 0 saturated carbocycles. The fourth-order valence-electron chi connectivity index (χ4n) is 2.87. The smallest absolute Gasteiger partial charge is 0.328 e. The van der Waals surface area contributed by atoms with Crippen LogP contribution in [0, 0.1) is 0 Å². The summed E-state index contributed by atoms with van der Waals surface area (Å²) in [4.78, 5) is 39.5. The van der Waals surface area contributed by atoms with Gasteiger partial charge in [-0.25, -0.2) is 4.79 Å². The first-order valence-electron chi connectivity index (χ1n) is 8.57. The van der Waals surface area contributed by atoms with Gasteiger partial charge in [-0.05, 0) is 37.1 Å². The molecule has 0 aliphatic rings. The highest BCUT2D eigenvalue weighted by atomic mass is 16.2. The molecule has 1 aromatic heterocycles. The lowest BCUT2D eigenvalue weighted by Crippen LogP contribution is -2.37. The van der Waals surface area contributed by atoms with Crippen molar-refractivity contribution < 1.29 is 4.79 Å². The van der Waals surface area contributed by atoms with Crippen LogP contribution >= 0.6 is 0 Å². The Bertz CT molecular complexity index is 1050. The van der Waals surface area contributed by atoms with E-state index in [4.69, 9.17) is 0 Å². The number of hydrogen-bond acceptors (Lipinski definition) is 3. The molecule has 2 N–H and O–H groups in total. The fourth-order valence-corrected chi connectivity index (χ4v) is 2.87. The number of aromatic nitrogens is 2. The van der Waals surface area contributed by atoms with Gasteiger partial charge in [0.1, 0.15) is 0 Å². The van der Waals surface area contributed by atoms with Crippen LogP contribution in [-0.2, 0) is 11.3 Å². The average Bonchev–Trinajstić information content (AvgIpc) is 2.61. The second-order valence-electron chi connectivity index (χ2n) is 6.49. The van der Waals surface area contributed by atoms with Gasteiger partial charge in [-0.3, -0.25) is 14.2 Å². The molecule has 0 atom stereocenters. The van der Waals surface area contributed by atoms with E-state index in [2.05, 4.69) is 10.3 Å². The average molecular weight is 351 g/mol. The summed E-state index contributed by atoms with van der Waals surface area (Å²) in [6.07, 6.45) is 0.0745. The molecule has 0 spiro atoms. The number of hydrogen-bond donors (Lipinski definition) is 2. The Morgan fingerprint density at radius 2 is 1.81 bits per heavy atom. The van der Waals surface area contributed by atoms with Crippen LogP contribution in [0.25, 0.3) is 22.0 Å². The minimum atomic E-state index is -0.507. The maximum Gasteiger partial charge on any atom is 0.328 e. The van der Waals surface area contributed by atoms with Crippen LogP contribution < -0.4 is 16.6 Å². The lowest BCUT2D eigenvalue weighted by Gasteiger charge is -2.10. The van der Waals surface area contributed by atoms with Crippen LogP contribution in [0.2, 0.25) is 0 Å². The normalized spacial score (nSPS) is 11.0. The number of fused-ring (bicyclic) bond motifs is 1. The van der Waals surface area contributed by atoms with Crippen molar-refractivity contribution in [2.24, 2.45) is 0 Å². The van der Waals surface area contributed by atoms with E-state index >= 15 is 0 Å². The molecule has 0 aliphatic heterocycles. The summed E-state index contributed by atoms with van der Waals surface area (Å²) in [6.45, 7) is 3.76. The molecule has 26 heavy (non-hydrogen) atoms. The van der Waals surface area contributed by atoms with E-state index in [-0.39, 0.29) is 30.5 Å². The van der Waals surface area contributed by atoms with Crippen LogP contribution in [0.1, 0.15) is 20.3 Å². The molecule has 134 valence electrons. The largest absolute Gasteiger partial charge is 0.354 e. The van der Waals surface area contributed by atoms with E-state index in [9.17, 15) is 14.4 Å². The first-order chi connectivity index (χ1) is 12.5. The van der Waals surface area contributed by atoms with Gasteiger partial charge in [0.05, 0.1) is 10.9 Å². The molecular weight excluding hydrogens is 330 g/mol. The Balaban J connectivity index is 1.98. The second-order valence-corrected chi connectivity index (χ2v) is 6.49. The van der Waals surface area contributed by atoms with Gasteiger partial charge in [0.2, 0.25) is 5.91 Å². The van der Waals surface area contributed by atoms with Gasteiger partial charge in [0, 0.05) is 19.0 Å². The number of carbonyl (C=O) groups is 1. The molecule has 0 aliphatic carbocycles. The van der Waals surface area contributed by atoms with Crippen molar-refractivity contribution >= 4 is 16.8 Å². The van der Waals surface area contributed by atoms with Crippen molar-refractivity contribution in [3.63, 3.8) is 0 Å². The van der Waals surface area contributed by atoms with E-state index in [0.717, 1.165) is 15.7 Å². The summed E-state index contributed by atoms with van der Waals surface area (Å²) in [5.41, 5.74) is 1.47. The maximum absolute atomic E-state index is 12.8. The highest BCUT2D eigenvalue weighted by Gasteiger charge is 2.11. The third-order valence-electron chi connectivity index (χ3n) is 4.10. The van der Waals surface area contributed by atoms with Crippen molar-refractivity contribution in [3.8, 4) is 11.1 Å². The third kappa shape index (κ3) is 3.74. The Morgan fingerprint density at radius 3 is 2.50 bits per heavy atom. The lowest BCUT2D eigenvalue weighted by molar-refractivity contribution is -0.121. The molecule has 0 radical (unpaired) electrons. The van der Waals surface area contributed by atoms with E-state index in [1.165, 1.54) is 0 Å². The van der Waals surface area contributed by atoms with E-state index in [0.29, 0.717) is 10.9 Å². The molecule has 6 heteroatoms. The van der Waals surface area contributed by atoms with Gasteiger partial charge in [-0.1, -0.05) is 36.4 Å². The van der Waals surface area contributed by atoms with Crippen molar-refractivity contribution in [1.29, 1.82) is 0 Å². The Labute approximate surface area is 150 Å². The molecule has 0 unspecified atom stereocenters. The summed E-state index contributed by atoms with van der Waals surface area (Å²) in [5.74, 6) is -0.190. The first kappa shape index (κ1) is 17.7. The monoisotopic (exact) mass is 351 g/mol. The standard InChI is InChI=1S/C20H21N3O3/c1-13(2)21-18(24)10-11-23-19(25)16-12-15(14-6-4-3-5-7-14)8-9-17(16)22-20(23)26/h3-9,12-13H,10-11H2,1-2H3,(H,21,24)(H,22,26). The number of H-pyrrole nitrogens is 1. The van der Waals surface area contributed by atoms with E-state index in [1.54, 1.807) is 12.1 Å². The van der Waals surface area contributed by atoms with Gasteiger partial charge in [-0.15, -0.1) is 0 Å². The van der Waals surface area contributed by atoms with E-state index in [1.807, 2.05) is 50.2 Å². The van der Waals surface area contributed by atoms with Gasteiger partial charge in [0.15, 0.2) is 0 Å². The lowest BCUT2D eigenvalue weighted by atomic mass is 10.0. The summed E-state index contributed by atoms with van der Waals surface area (Å²) in [6, 6.07) is 15.1. The Morgan fingerprint density at radius 1 is 1.08 bits per heavy atom. The van der Waals surface area contributed by atoms with Gasteiger partial charge in [-0.2, -0.15) is 0 Å². The van der Waals surface area contributed by atoms with Gasteiger partial charge >= 0.3 is 5.69 Å². The Hall–Kier alpha value is -3.15. The van der Waals surface area contributed by atoms with Crippen molar-refractivity contribution in [2.45, 2.75) is 32.9 Å². The zero-order chi connectivity index (χ0) is 18.7. The number of aromatic amines is 1. The maximum atomic E-state index is 12.8. The van der Waals surface area contributed by atoms with Gasteiger partial charge in [0.25, 0.3) is 5.56 Å². The Kier molecular flexibility index (Phi) is 5.02. The highest BCUT2D eigenvalue weighted by molar-refractivity contribution is 5.83. The zero-order valence-electron chi connectivity index (χ0n) is 14.8. The van der Waals surface area contributed by atoms with E-state index < -0.39 is 5.69 Å². The summed E-state index contributed by atoms with van der Waals surface area (Å²) < 4.78 is 1.08. The third-order valence-corrected chi connectivity index (χ3v) is 4.10. The quantitative estimate of drug-likeness (QED) is 0.740. The fraction of sp³-hybridized carbons (Fsp3) is 0.250. The van der Waals surface area contributed by atoms with Crippen LogP contribution in [0.15, 0.2) is 58.1 Å². The highest BCUT2D eigenvalue weighted by Crippen LogP contribution is 2.21. The number of nitrogens with zero attached hydrogens (tertiary/aromatic N) is 1. The van der Waals surface area contributed by atoms with Crippen molar-refractivity contribution in [1.82, 2.24) is 14.9 Å². The molecule has 3 aromatic rings. The SMILES string of the molecule is CC(C)NC(=O)CCn1c(=O)[nH]c2ccc(-c3ccccc3)cc2c1=O. The molecule has 0 fully saturated rings. The molecule has 1 heterocycles. The number of amides is 1. The van der Waals surface area contributed by atoms with Crippen LogP contribution in [0.3, 0.4) is 0 Å². The predicted molar refractivity (Wildman–Crippen MR) is 102 cm³/mol. The molecular formula is C20H21N3O3. The first-order valence-corrected chi connectivity index (χ1v) is 8.57. The topological polar surface area (TPSA) is 84.0 Å². The van der Waals surface area contributed by atoms with Gasteiger partial charge < -0.3 is 10.3 Å². The van der Waals surface area contributed by atoms with Crippen molar-refractivity contribution in [3.05, 3.63) is 69.4 Å². The molecule has 0 bridgehead atoms. The molecule has 6 nitrogen and oxygen atoms in total. The molecule has 1 amide bonds. The number of nitrogens with one attached hydrogen (secondary N) is 2. The van der Waals surface area contributed by atoms with Crippen LogP contribution in [-0.4, -0.2) is 21.5 Å². The summed E-state index contributed by atoms with van der Waals surface area (Å²) in [7, 11) is 0. The summed E-state index contributed by atoms with van der Waals surface area (Å²) in [5, 5.41) is 3.18. The number of carbonyl (C=O) groups excluding carboxylic acids is 1. The minimum Gasteiger partial charge on any atom is -0.354 e. The second kappa shape index (κ2) is 7.39. The molecule has 2 aromatic carbocycles. The minimum absolute atomic E-state index is 0.0162. The zero-order valence-corrected chi connectivity index (χ0v) is 14.8. The van der Waals surface area contributed by atoms with Crippen LogP contribution in [0.5, 0.6) is 0 Å². The van der Waals surface area contributed by atoms with Crippen LogP contribution in [0.4, 0.5) is 0 Å². The summed E-state index contributed by atoms with van der Waals surface area (Å²) >= 11 is 0. The molecule has 3 rings (SSSR count). The number of benzene rings is 2. The predicted octanol–water partition coefficient (Wildman–Crippen LogP) is 2.27.